The number of halogens is 1. The van der Waals surface area contributed by atoms with Crippen molar-refractivity contribution in [3.8, 4) is 0 Å². The number of hydrogen-bond acceptors (Lipinski definition) is 4. The molecule has 0 bridgehead atoms. The number of carbonyl (C=O) groups is 1. The number of aromatic amines is 1. The lowest BCUT2D eigenvalue weighted by Crippen LogP contribution is -2.23. The van der Waals surface area contributed by atoms with Gasteiger partial charge in [0.2, 0.25) is 5.95 Å². The highest BCUT2D eigenvalue weighted by Gasteiger charge is 2.10. The predicted octanol–water partition coefficient (Wildman–Crippen LogP) is 1.92. The first kappa shape index (κ1) is 15.0. The van der Waals surface area contributed by atoms with E-state index in [1.807, 2.05) is 18.2 Å². The van der Waals surface area contributed by atoms with Gasteiger partial charge in [0.1, 0.15) is 6.33 Å². The van der Waals surface area contributed by atoms with Crippen molar-refractivity contribution in [2.45, 2.75) is 6.54 Å². The molecule has 0 radical (unpaired) electrons. The minimum Gasteiger partial charge on any atom is -0.310 e. The molecule has 2 aromatic heterocycles. The second kappa shape index (κ2) is 6.45. The Kier molecular flexibility index (Phi) is 4.20. The van der Waals surface area contributed by atoms with Gasteiger partial charge in [0, 0.05) is 17.3 Å². The molecule has 8 heteroatoms. The summed E-state index contributed by atoms with van der Waals surface area (Å²) >= 11 is 6.11. The first-order valence-corrected chi connectivity index (χ1v) is 7.12. The zero-order valence-corrected chi connectivity index (χ0v) is 12.6. The molecule has 0 aliphatic heterocycles. The van der Waals surface area contributed by atoms with Gasteiger partial charge in [-0.1, -0.05) is 29.8 Å². The summed E-state index contributed by atoms with van der Waals surface area (Å²) in [7, 11) is 0. The molecule has 0 fully saturated rings. The molecule has 2 N–H and O–H groups in total. The Labute approximate surface area is 135 Å². The molecule has 0 aliphatic rings. The molecular weight excluding hydrogens is 318 g/mol. The predicted molar refractivity (Wildman–Crippen MR) is 85.6 cm³/mol. The second-order valence-corrected chi connectivity index (χ2v) is 5.17. The zero-order chi connectivity index (χ0) is 16.2. The molecule has 0 aliphatic carbocycles. The van der Waals surface area contributed by atoms with E-state index >= 15 is 0 Å². The van der Waals surface area contributed by atoms with Crippen LogP contribution in [0.15, 0.2) is 53.7 Å². The highest BCUT2D eigenvalue weighted by molar-refractivity contribution is 6.31. The maximum Gasteiger partial charge on any atom is 0.259 e. The fourth-order valence-corrected chi connectivity index (χ4v) is 2.24. The summed E-state index contributed by atoms with van der Waals surface area (Å²) in [6, 6.07) is 10.0. The Morgan fingerprint density at radius 2 is 2.09 bits per heavy atom. The fraction of sp³-hybridized carbons (Fsp3) is 0.0667. The number of amides is 1. The van der Waals surface area contributed by atoms with E-state index < -0.39 is 5.91 Å². The van der Waals surface area contributed by atoms with Gasteiger partial charge in [-0.25, -0.2) is 5.10 Å². The number of rotatable bonds is 4. The van der Waals surface area contributed by atoms with Crippen LogP contribution in [0.5, 0.6) is 0 Å². The minimum absolute atomic E-state index is 0.221. The van der Waals surface area contributed by atoms with Crippen molar-refractivity contribution in [2.75, 3.05) is 5.32 Å². The molecule has 23 heavy (non-hydrogen) atoms. The van der Waals surface area contributed by atoms with E-state index in [0.29, 0.717) is 10.6 Å². The largest absolute Gasteiger partial charge is 0.310 e. The van der Waals surface area contributed by atoms with Crippen LogP contribution < -0.4 is 10.9 Å². The van der Waals surface area contributed by atoms with Crippen molar-refractivity contribution in [2.24, 2.45) is 0 Å². The van der Waals surface area contributed by atoms with Crippen molar-refractivity contribution in [3.63, 3.8) is 0 Å². The van der Waals surface area contributed by atoms with Gasteiger partial charge < -0.3 is 4.57 Å². The quantitative estimate of drug-likeness (QED) is 0.764. The third-order valence-corrected chi connectivity index (χ3v) is 3.56. The first-order chi connectivity index (χ1) is 11.1. The lowest BCUT2D eigenvalue weighted by molar-refractivity contribution is 0.102. The molecule has 0 saturated heterocycles. The molecule has 0 spiro atoms. The maximum absolute atomic E-state index is 12.2. The molecule has 0 atom stereocenters. The van der Waals surface area contributed by atoms with Gasteiger partial charge in [-0.3, -0.25) is 14.9 Å². The molecule has 7 nitrogen and oxygen atoms in total. The summed E-state index contributed by atoms with van der Waals surface area (Å²) in [6.07, 6.45) is 2.77. The van der Waals surface area contributed by atoms with Crippen LogP contribution >= 0.6 is 11.6 Å². The third kappa shape index (κ3) is 3.46. The van der Waals surface area contributed by atoms with Crippen LogP contribution in [0.1, 0.15) is 15.9 Å². The van der Waals surface area contributed by atoms with Crippen LogP contribution in [0.4, 0.5) is 5.95 Å². The van der Waals surface area contributed by atoms with E-state index in [4.69, 9.17) is 11.6 Å². The number of pyridine rings is 1. The van der Waals surface area contributed by atoms with Gasteiger partial charge in [0.25, 0.3) is 11.5 Å². The number of aromatic nitrogens is 4. The summed E-state index contributed by atoms with van der Waals surface area (Å²) in [6.45, 7) is 0.280. The van der Waals surface area contributed by atoms with Crippen LogP contribution in [-0.2, 0) is 6.54 Å². The van der Waals surface area contributed by atoms with Gasteiger partial charge in [-0.15, -0.1) is 0 Å². The monoisotopic (exact) mass is 329 g/mol. The van der Waals surface area contributed by atoms with Crippen LogP contribution in [0.2, 0.25) is 5.02 Å². The highest BCUT2D eigenvalue weighted by atomic mass is 35.5. The number of benzene rings is 1. The standard InChI is InChI=1S/C15H12ClN5O2/c16-12-4-2-1-3-10(12)7-21-8-11(5-6-13(21)22)14(23)19-15-17-9-18-20-15/h1-6,8-9H,7H2,(H2,17,18,19,20,23). The highest BCUT2D eigenvalue weighted by Crippen LogP contribution is 2.15. The van der Waals surface area contributed by atoms with Gasteiger partial charge in [0.15, 0.2) is 0 Å². The number of nitrogens with one attached hydrogen (secondary N) is 2. The van der Waals surface area contributed by atoms with Crippen molar-refractivity contribution in [1.82, 2.24) is 19.7 Å². The zero-order valence-electron chi connectivity index (χ0n) is 11.9. The summed E-state index contributed by atoms with van der Waals surface area (Å²) in [5, 5.41) is 9.29. The summed E-state index contributed by atoms with van der Waals surface area (Å²) in [4.78, 5) is 28.0. The molecule has 1 aromatic carbocycles. The summed E-state index contributed by atoms with van der Waals surface area (Å²) < 4.78 is 1.43. The van der Waals surface area contributed by atoms with Crippen LogP contribution in [0.25, 0.3) is 0 Å². The van der Waals surface area contributed by atoms with E-state index in [9.17, 15) is 9.59 Å². The molecule has 116 valence electrons. The number of H-pyrrole nitrogens is 1. The Morgan fingerprint density at radius 1 is 1.26 bits per heavy atom. The van der Waals surface area contributed by atoms with Crippen molar-refractivity contribution >= 4 is 23.5 Å². The van der Waals surface area contributed by atoms with Gasteiger partial charge >= 0.3 is 0 Å². The Balaban J connectivity index is 1.86. The second-order valence-electron chi connectivity index (χ2n) is 4.76. The van der Waals surface area contributed by atoms with E-state index in [0.717, 1.165) is 5.56 Å². The molecule has 0 saturated carbocycles. The van der Waals surface area contributed by atoms with Crippen LogP contribution in [0, 0.1) is 0 Å². The van der Waals surface area contributed by atoms with E-state index in [1.165, 1.54) is 29.2 Å². The van der Waals surface area contributed by atoms with E-state index in [2.05, 4.69) is 20.5 Å². The van der Waals surface area contributed by atoms with E-state index in [-0.39, 0.29) is 18.1 Å². The smallest absolute Gasteiger partial charge is 0.259 e. The van der Waals surface area contributed by atoms with Gasteiger partial charge in [-0.2, -0.15) is 10.1 Å². The lowest BCUT2D eigenvalue weighted by Gasteiger charge is -2.09. The van der Waals surface area contributed by atoms with Gasteiger partial charge in [-0.05, 0) is 17.7 Å². The number of anilines is 1. The minimum atomic E-state index is -0.394. The molecule has 0 unspecified atom stereocenters. The molecule has 2 heterocycles. The third-order valence-electron chi connectivity index (χ3n) is 3.19. The van der Waals surface area contributed by atoms with Crippen LogP contribution in [-0.4, -0.2) is 25.7 Å². The molecule has 3 aromatic rings. The lowest BCUT2D eigenvalue weighted by atomic mass is 10.2. The van der Waals surface area contributed by atoms with Crippen LogP contribution in [0.3, 0.4) is 0 Å². The summed E-state index contributed by atoms with van der Waals surface area (Å²) in [5.41, 5.74) is 0.901. The average molecular weight is 330 g/mol. The maximum atomic E-state index is 12.2. The fourth-order valence-electron chi connectivity index (χ4n) is 2.04. The average Bonchev–Trinajstić information content (AvgIpc) is 3.04. The number of carbonyl (C=O) groups excluding carboxylic acids is 1. The van der Waals surface area contributed by atoms with Crippen molar-refractivity contribution < 1.29 is 4.79 Å². The molecular formula is C15H12ClN5O2. The van der Waals surface area contributed by atoms with Gasteiger partial charge in [0.05, 0.1) is 12.1 Å². The SMILES string of the molecule is O=C(Nc1ncn[nH]1)c1ccc(=O)n(Cc2ccccc2Cl)c1. The summed E-state index contributed by atoms with van der Waals surface area (Å²) in [5.74, 6) is -0.159. The number of nitrogens with zero attached hydrogens (tertiary/aromatic N) is 3. The topological polar surface area (TPSA) is 92.7 Å². The Morgan fingerprint density at radius 3 is 2.83 bits per heavy atom. The Bertz CT molecular complexity index is 889. The van der Waals surface area contributed by atoms with Crippen molar-refractivity contribution in [3.05, 3.63) is 75.4 Å². The first-order valence-electron chi connectivity index (χ1n) is 6.74. The molecule has 1 amide bonds. The molecule has 3 rings (SSSR count). The number of hydrogen-bond donors (Lipinski definition) is 2. The normalized spacial score (nSPS) is 10.5. The Hall–Kier alpha value is -2.93. The van der Waals surface area contributed by atoms with E-state index in [1.54, 1.807) is 6.07 Å². The van der Waals surface area contributed by atoms with Crippen molar-refractivity contribution in [1.29, 1.82) is 0 Å².